The van der Waals surface area contributed by atoms with Gasteiger partial charge in [-0.3, -0.25) is 4.79 Å². The normalized spacial score (nSPS) is 13.3. The van der Waals surface area contributed by atoms with Gasteiger partial charge in [0.25, 0.3) is 0 Å². The molecule has 2 atom stereocenters. The Kier molecular flexibility index (Phi) is 6.13. The number of aliphatic carboxylic acids is 1. The van der Waals surface area contributed by atoms with Crippen molar-refractivity contribution in [2.75, 3.05) is 0 Å². The summed E-state index contributed by atoms with van der Waals surface area (Å²) in [4.78, 5) is 24.9. The number of amides is 1. The predicted molar refractivity (Wildman–Crippen MR) is 98.3 cm³/mol. The van der Waals surface area contributed by atoms with Gasteiger partial charge >= 0.3 is 5.97 Å². The standard InChI is InChI=1S/C21H22N2O3/c1-15(13-14-22)18(19(24)25)23-20(26)21(2,16-9-5-3-6-10-16)17-11-7-4-8-12-17/h3-12,15,18H,13H2,1-2H3,(H,23,26)(H,24,25)/t15-,18-/m0/s1. The van der Waals surface area contributed by atoms with Crippen molar-refractivity contribution in [3.05, 3.63) is 71.8 Å². The van der Waals surface area contributed by atoms with E-state index in [9.17, 15) is 14.7 Å². The van der Waals surface area contributed by atoms with Crippen molar-refractivity contribution >= 4 is 11.9 Å². The van der Waals surface area contributed by atoms with Crippen molar-refractivity contribution in [3.63, 3.8) is 0 Å². The smallest absolute Gasteiger partial charge is 0.326 e. The average molecular weight is 350 g/mol. The highest BCUT2D eigenvalue weighted by molar-refractivity contribution is 5.94. The molecule has 0 spiro atoms. The van der Waals surface area contributed by atoms with Crippen molar-refractivity contribution in [1.82, 2.24) is 5.32 Å². The topological polar surface area (TPSA) is 90.2 Å². The minimum Gasteiger partial charge on any atom is -0.480 e. The van der Waals surface area contributed by atoms with E-state index in [0.717, 1.165) is 11.1 Å². The van der Waals surface area contributed by atoms with Gasteiger partial charge in [-0.2, -0.15) is 5.26 Å². The third-order valence-corrected chi connectivity index (χ3v) is 4.69. The van der Waals surface area contributed by atoms with E-state index in [1.165, 1.54) is 0 Å². The molecule has 0 fully saturated rings. The van der Waals surface area contributed by atoms with Crippen LogP contribution >= 0.6 is 0 Å². The average Bonchev–Trinajstić information content (AvgIpc) is 2.66. The Labute approximate surface area is 153 Å². The van der Waals surface area contributed by atoms with Gasteiger partial charge in [-0.25, -0.2) is 4.79 Å². The lowest BCUT2D eigenvalue weighted by atomic mass is 9.75. The molecule has 2 rings (SSSR count). The highest BCUT2D eigenvalue weighted by Crippen LogP contribution is 2.32. The number of benzene rings is 2. The van der Waals surface area contributed by atoms with Crippen LogP contribution in [0, 0.1) is 17.2 Å². The number of rotatable bonds is 7. The predicted octanol–water partition coefficient (Wildman–Crippen LogP) is 3.11. The number of nitrogens with zero attached hydrogens (tertiary/aromatic N) is 1. The molecule has 0 aromatic heterocycles. The monoisotopic (exact) mass is 350 g/mol. The van der Waals surface area contributed by atoms with Gasteiger partial charge in [0.1, 0.15) is 6.04 Å². The molecular weight excluding hydrogens is 328 g/mol. The van der Waals surface area contributed by atoms with Crippen LogP contribution in [0.3, 0.4) is 0 Å². The number of carbonyl (C=O) groups excluding carboxylic acids is 1. The van der Waals surface area contributed by atoms with Crippen molar-refractivity contribution in [2.45, 2.75) is 31.7 Å². The molecule has 0 bridgehead atoms. The van der Waals surface area contributed by atoms with Crippen molar-refractivity contribution < 1.29 is 14.7 Å². The van der Waals surface area contributed by atoms with Gasteiger partial charge in [0.05, 0.1) is 11.5 Å². The molecule has 26 heavy (non-hydrogen) atoms. The van der Waals surface area contributed by atoms with Gasteiger partial charge in [0.15, 0.2) is 0 Å². The zero-order chi connectivity index (χ0) is 19.2. The zero-order valence-electron chi connectivity index (χ0n) is 14.8. The number of nitriles is 1. The summed E-state index contributed by atoms with van der Waals surface area (Å²) in [6.45, 7) is 3.42. The lowest BCUT2D eigenvalue weighted by Crippen LogP contribution is -2.52. The SMILES string of the molecule is C[C@@H](CC#N)[C@H](NC(=O)C(C)(c1ccccc1)c1ccccc1)C(=O)O. The number of hydrogen-bond donors (Lipinski definition) is 2. The van der Waals surface area contributed by atoms with Crippen molar-refractivity contribution in [3.8, 4) is 6.07 Å². The Balaban J connectivity index is 2.45. The lowest BCUT2D eigenvalue weighted by molar-refractivity contribution is -0.143. The summed E-state index contributed by atoms with van der Waals surface area (Å²) in [5, 5.41) is 21.0. The van der Waals surface area contributed by atoms with Gasteiger partial charge in [-0.15, -0.1) is 0 Å². The summed E-state index contributed by atoms with van der Waals surface area (Å²) in [6.07, 6.45) is 0.0463. The summed E-state index contributed by atoms with van der Waals surface area (Å²) < 4.78 is 0. The Morgan fingerprint density at radius 3 is 1.92 bits per heavy atom. The summed E-state index contributed by atoms with van der Waals surface area (Å²) >= 11 is 0. The molecule has 2 aromatic rings. The van der Waals surface area contributed by atoms with E-state index >= 15 is 0 Å². The second-order valence-corrected chi connectivity index (χ2v) is 6.49. The molecule has 0 unspecified atom stereocenters. The molecule has 0 saturated heterocycles. The molecule has 0 saturated carbocycles. The van der Waals surface area contributed by atoms with E-state index in [2.05, 4.69) is 5.32 Å². The Morgan fingerprint density at radius 2 is 1.54 bits per heavy atom. The van der Waals surface area contributed by atoms with Gasteiger partial charge in [-0.05, 0) is 18.1 Å². The highest BCUT2D eigenvalue weighted by Gasteiger charge is 2.39. The summed E-state index contributed by atoms with van der Waals surface area (Å²) in [5.74, 6) is -2.06. The Bertz CT molecular complexity index is 758. The van der Waals surface area contributed by atoms with E-state index in [4.69, 9.17) is 5.26 Å². The third kappa shape index (κ3) is 3.92. The number of nitrogens with one attached hydrogen (secondary N) is 1. The van der Waals surface area contributed by atoms with E-state index in [1.54, 1.807) is 13.8 Å². The van der Waals surface area contributed by atoms with Gasteiger partial charge in [0.2, 0.25) is 5.91 Å². The Hall–Kier alpha value is -3.13. The molecule has 5 heteroatoms. The minimum atomic E-state index is -1.15. The number of carboxylic acids is 1. The number of carbonyl (C=O) groups is 2. The quantitative estimate of drug-likeness (QED) is 0.803. The molecule has 2 N–H and O–H groups in total. The molecule has 0 aliphatic heterocycles. The number of hydrogen-bond acceptors (Lipinski definition) is 3. The van der Waals surface area contributed by atoms with Crippen LogP contribution in [0.5, 0.6) is 0 Å². The second-order valence-electron chi connectivity index (χ2n) is 6.49. The molecule has 134 valence electrons. The molecule has 5 nitrogen and oxygen atoms in total. The molecule has 0 heterocycles. The van der Waals surface area contributed by atoms with Crippen LogP contribution in [0.2, 0.25) is 0 Å². The van der Waals surface area contributed by atoms with Crippen LogP contribution in [0.25, 0.3) is 0 Å². The van der Waals surface area contributed by atoms with E-state index in [-0.39, 0.29) is 6.42 Å². The van der Waals surface area contributed by atoms with Gasteiger partial charge in [0, 0.05) is 12.3 Å². The van der Waals surface area contributed by atoms with Crippen LogP contribution in [-0.4, -0.2) is 23.0 Å². The highest BCUT2D eigenvalue weighted by atomic mass is 16.4. The van der Waals surface area contributed by atoms with Crippen LogP contribution in [0.4, 0.5) is 0 Å². The first-order valence-electron chi connectivity index (χ1n) is 8.43. The maximum absolute atomic E-state index is 13.2. The maximum Gasteiger partial charge on any atom is 0.326 e. The maximum atomic E-state index is 13.2. The van der Waals surface area contributed by atoms with E-state index in [0.29, 0.717) is 0 Å². The Morgan fingerprint density at radius 1 is 1.08 bits per heavy atom. The van der Waals surface area contributed by atoms with E-state index in [1.807, 2.05) is 66.7 Å². The molecule has 0 radical (unpaired) electrons. The first-order valence-corrected chi connectivity index (χ1v) is 8.43. The minimum absolute atomic E-state index is 0.0463. The van der Waals surface area contributed by atoms with Crippen molar-refractivity contribution in [1.29, 1.82) is 5.26 Å². The zero-order valence-corrected chi connectivity index (χ0v) is 14.8. The molecule has 0 aliphatic rings. The molecule has 2 aromatic carbocycles. The van der Waals surface area contributed by atoms with Crippen LogP contribution in [-0.2, 0) is 15.0 Å². The largest absolute Gasteiger partial charge is 0.480 e. The van der Waals surface area contributed by atoms with Crippen LogP contribution in [0.1, 0.15) is 31.4 Å². The summed E-state index contributed by atoms with van der Waals surface area (Å²) in [5.41, 5.74) is 0.476. The fourth-order valence-corrected chi connectivity index (χ4v) is 2.97. The lowest BCUT2D eigenvalue weighted by Gasteiger charge is -2.32. The second kappa shape index (κ2) is 8.30. The summed E-state index contributed by atoms with van der Waals surface area (Å²) in [7, 11) is 0. The van der Waals surface area contributed by atoms with E-state index < -0.39 is 29.3 Å². The fraction of sp³-hybridized carbons (Fsp3) is 0.286. The number of carboxylic acid groups (broad SMARTS) is 1. The third-order valence-electron chi connectivity index (χ3n) is 4.69. The first-order chi connectivity index (χ1) is 12.4. The van der Waals surface area contributed by atoms with Gasteiger partial charge in [-0.1, -0.05) is 67.6 Å². The van der Waals surface area contributed by atoms with Crippen LogP contribution < -0.4 is 5.32 Å². The fourth-order valence-electron chi connectivity index (χ4n) is 2.97. The first kappa shape index (κ1) is 19.2. The van der Waals surface area contributed by atoms with Crippen LogP contribution in [0.15, 0.2) is 60.7 Å². The molecule has 1 amide bonds. The van der Waals surface area contributed by atoms with Crippen molar-refractivity contribution in [2.24, 2.45) is 5.92 Å². The molecule has 0 aliphatic carbocycles. The van der Waals surface area contributed by atoms with Gasteiger partial charge < -0.3 is 10.4 Å². The summed E-state index contributed by atoms with van der Waals surface area (Å²) in [6, 6.07) is 19.3. The molecular formula is C21H22N2O3.